The van der Waals surface area contributed by atoms with Crippen LogP contribution in [0.25, 0.3) is 11.3 Å². The van der Waals surface area contributed by atoms with Crippen molar-refractivity contribution in [1.82, 2.24) is 4.98 Å². The Labute approximate surface area is 185 Å². The van der Waals surface area contributed by atoms with Gasteiger partial charge in [0.1, 0.15) is 12.3 Å². The van der Waals surface area contributed by atoms with Crippen LogP contribution in [0.2, 0.25) is 0 Å². The van der Waals surface area contributed by atoms with Crippen LogP contribution in [0.1, 0.15) is 29.5 Å². The summed E-state index contributed by atoms with van der Waals surface area (Å²) in [4.78, 5) is 31.9. The van der Waals surface area contributed by atoms with E-state index in [9.17, 15) is 9.59 Å². The maximum absolute atomic E-state index is 13.1. The number of carbonyl (C=O) groups is 2. The van der Waals surface area contributed by atoms with E-state index >= 15 is 0 Å². The zero-order valence-electron chi connectivity index (χ0n) is 18.1. The van der Waals surface area contributed by atoms with Gasteiger partial charge < -0.3 is 10.1 Å². The molecular formula is C24H25N3O3S. The van der Waals surface area contributed by atoms with Crippen molar-refractivity contribution in [3.8, 4) is 17.0 Å². The molecule has 0 saturated heterocycles. The summed E-state index contributed by atoms with van der Waals surface area (Å²) in [6, 6.07) is 11.4. The number of nitrogens with one attached hydrogen (secondary N) is 1. The zero-order chi connectivity index (χ0) is 22.1. The van der Waals surface area contributed by atoms with E-state index in [4.69, 9.17) is 4.74 Å². The molecule has 31 heavy (non-hydrogen) atoms. The Balaban J connectivity index is 1.63. The molecule has 6 nitrogen and oxygen atoms in total. The third-order valence-electron chi connectivity index (χ3n) is 5.44. The second kappa shape index (κ2) is 8.51. The molecule has 2 amide bonds. The van der Waals surface area contributed by atoms with Crippen LogP contribution >= 0.6 is 11.3 Å². The molecule has 0 saturated carbocycles. The first-order valence-corrected chi connectivity index (χ1v) is 11.2. The van der Waals surface area contributed by atoms with Gasteiger partial charge in [0, 0.05) is 16.6 Å². The molecule has 0 radical (unpaired) electrons. The van der Waals surface area contributed by atoms with Gasteiger partial charge in [0.25, 0.3) is 5.91 Å². The third kappa shape index (κ3) is 4.32. The average Bonchev–Trinajstić information content (AvgIpc) is 3.18. The number of fused-ring (bicyclic) bond motifs is 1. The van der Waals surface area contributed by atoms with Crippen molar-refractivity contribution in [3.63, 3.8) is 0 Å². The molecule has 2 heterocycles. The number of rotatable bonds is 5. The molecule has 3 aromatic rings. The maximum Gasteiger partial charge on any atom is 0.268 e. The molecule has 1 aliphatic heterocycles. The second-order valence-electron chi connectivity index (χ2n) is 7.72. The summed E-state index contributed by atoms with van der Waals surface area (Å²) < 4.78 is 5.91. The van der Waals surface area contributed by atoms with Crippen molar-refractivity contribution in [3.05, 3.63) is 57.9 Å². The minimum atomic E-state index is -0.603. The lowest BCUT2D eigenvalue weighted by Gasteiger charge is -2.34. The van der Waals surface area contributed by atoms with Gasteiger partial charge >= 0.3 is 0 Å². The Bertz CT molecular complexity index is 1150. The molecule has 1 N–H and O–H groups in total. The van der Waals surface area contributed by atoms with Gasteiger partial charge in [-0.15, -0.1) is 11.3 Å². The summed E-state index contributed by atoms with van der Waals surface area (Å²) in [5.41, 5.74) is 5.29. The molecule has 0 aliphatic carbocycles. The fourth-order valence-corrected chi connectivity index (χ4v) is 4.19. The van der Waals surface area contributed by atoms with Crippen LogP contribution in [0.4, 0.5) is 11.4 Å². The lowest BCUT2D eigenvalue weighted by molar-refractivity contribution is -0.128. The molecule has 2 aromatic carbocycles. The molecule has 0 bridgehead atoms. The number of hydrogen-bond acceptors (Lipinski definition) is 5. The number of carbonyl (C=O) groups excluding carboxylic acids is 2. The SMILES string of the molecule is CCC1Oc2ccc(-c3csc(C)n3)cc2N(CC(=O)Nc2ccc(C)c(C)c2)C1=O. The van der Waals surface area contributed by atoms with Crippen LogP contribution < -0.4 is 15.0 Å². The second-order valence-corrected chi connectivity index (χ2v) is 8.78. The topological polar surface area (TPSA) is 71.5 Å². The zero-order valence-corrected chi connectivity index (χ0v) is 18.9. The van der Waals surface area contributed by atoms with Crippen molar-refractivity contribution < 1.29 is 14.3 Å². The Kier molecular flexibility index (Phi) is 5.78. The van der Waals surface area contributed by atoms with Crippen LogP contribution in [-0.4, -0.2) is 29.4 Å². The van der Waals surface area contributed by atoms with Crippen molar-refractivity contribution in [2.24, 2.45) is 0 Å². The molecule has 1 unspecified atom stereocenters. The standard InChI is InChI=1S/C24H25N3O3S/c1-5-21-24(29)27(12-23(28)26-18-8-6-14(2)15(3)10-18)20-11-17(7-9-22(20)30-21)19-13-31-16(4)25-19/h6-11,13,21H,5,12H2,1-4H3,(H,26,28). The van der Waals surface area contributed by atoms with Crippen LogP contribution in [0.5, 0.6) is 5.75 Å². The molecule has 1 aromatic heterocycles. The predicted octanol–water partition coefficient (Wildman–Crippen LogP) is 4.88. The number of amides is 2. The molecule has 1 aliphatic rings. The highest BCUT2D eigenvalue weighted by atomic mass is 32.1. The monoisotopic (exact) mass is 435 g/mol. The van der Waals surface area contributed by atoms with E-state index in [1.165, 1.54) is 4.90 Å². The minimum Gasteiger partial charge on any atom is -0.478 e. The summed E-state index contributed by atoms with van der Waals surface area (Å²) in [6.07, 6.45) is -0.0742. The number of aromatic nitrogens is 1. The van der Waals surface area contributed by atoms with E-state index in [0.29, 0.717) is 23.5 Å². The van der Waals surface area contributed by atoms with Gasteiger partial charge in [-0.25, -0.2) is 4.98 Å². The van der Waals surface area contributed by atoms with Gasteiger partial charge in [-0.05, 0) is 68.7 Å². The Morgan fingerprint density at radius 2 is 1.97 bits per heavy atom. The summed E-state index contributed by atoms with van der Waals surface area (Å²) in [5.74, 6) is 0.132. The molecule has 7 heteroatoms. The van der Waals surface area contributed by atoms with Crippen molar-refractivity contribution >= 4 is 34.5 Å². The highest BCUT2D eigenvalue weighted by Crippen LogP contribution is 2.38. The van der Waals surface area contributed by atoms with Gasteiger partial charge in [-0.2, -0.15) is 0 Å². The fraction of sp³-hybridized carbons (Fsp3) is 0.292. The van der Waals surface area contributed by atoms with Crippen LogP contribution in [0.15, 0.2) is 41.8 Å². The van der Waals surface area contributed by atoms with E-state index in [1.807, 2.05) is 69.5 Å². The van der Waals surface area contributed by atoms with Crippen LogP contribution in [0, 0.1) is 20.8 Å². The Morgan fingerprint density at radius 3 is 2.65 bits per heavy atom. The first-order chi connectivity index (χ1) is 14.9. The van der Waals surface area contributed by atoms with Gasteiger partial charge in [-0.1, -0.05) is 13.0 Å². The molecule has 160 valence electrons. The van der Waals surface area contributed by atoms with Crippen molar-refractivity contribution in [2.45, 2.75) is 40.2 Å². The summed E-state index contributed by atoms with van der Waals surface area (Å²) >= 11 is 1.57. The van der Waals surface area contributed by atoms with E-state index in [-0.39, 0.29) is 18.4 Å². The number of nitrogens with zero attached hydrogens (tertiary/aromatic N) is 2. The first-order valence-electron chi connectivity index (χ1n) is 10.3. The summed E-state index contributed by atoms with van der Waals surface area (Å²) in [6.45, 7) is 7.79. The predicted molar refractivity (Wildman–Crippen MR) is 124 cm³/mol. The lowest BCUT2D eigenvalue weighted by atomic mass is 10.1. The van der Waals surface area contributed by atoms with E-state index in [2.05, 4.69) is 10.3 Å². The first kappa shape index (κ1) is 21.1. The van der Waals surface area contributed by atoms with Crippen LogP contribution in [-0.2, 0) is 9.59 Å². The number of aryl methyl sites for hydroxylation is 3. The molecule has 1 atom stereocenters. The third-order valence-corrected chi connectivity index (χ3v) is 6.21. The largest absolute Gasteiger partial charge is 0.478 e. The van der Waals surface area contributed by atoms with Crippen molar-refractivity contribution in [1.29, 1.82) is 0 Å². The number of thiazole rings is 1. The summed E-state index contributed by atoms with van der Waals surface area (Å²) in [7, 11) is 0. The number of ether oxygens (including phenoxy) is 1. The van der Waals surface area contributed by atoms with E-state index in [0.717, 1.165) is 27.4 Å². The van der Waals surface area contributed by atoms with E-state index in [1.54, 1.807) is 11.3 Å². The van der Waals surface area contributed by atoms with Crippen LogP contribution in [0.3, 0.4) is 0 Å². The number of hydrogen-bond donors (Lipinski definition) is 1. The van der Waals surface area contributed by atoms with Gasteiger partial charge in [0.2, 0.25) is 5.91 Å². The molecular weight excluding hydrogens is 410 g/mol. The Morgan fingerprint density at radius 1 is 1.16 bits per heavy atom. The quantitative estimate of drug-likeness (QED) is 0.620. The van der Waals surface area contributed by atoms with Gasteiger partial charge in [-0.3, -0.25) is 14.5 Å². The summed E-state index contributed by atoms with van der Waals surface area (Å²) in [5, 5.41) is 5.86. The fourth-order valence-electron chi connectivity index (χ4n) is 3.56. The van der Waals surface area contributed by atoms with Gasteiger partial charge in [0.05, 0.1) is 16.4 Å². The highest BCUT2D eigenvalue weighted by Gasteiger charge is 2.34. The lowest BCUT2D eigenvalue weighted by Crippen LogP contribution is -2.48. The molecule has 0 fully saturated rings. The highest BCUT2D eigenvalue weighted by molar-refractivity contribution is 7.09. The Hall–Kier alpha value is -3.19. The minimum absolute atomic E-state index is 0.0852. The van der Waals surface area contributed by atoms with Gasteiger partial charge in [0.15, 0.2) is 6.10 Å². The van der Waals surface area contributed by atoms with Crippen molar-refractivity contribution in [2.75, 3.05) is 16.8 Å². The normalized spacial score (nSPS) is 15.4. The molecule has 0 spiro atoms. The maximum atomic E-state index is 13.1. The number of benzene rings is 2. The molecule has 4 rings (SSSR count). The number of anilines is 2. The van der Waals surface area contributed by atoms with E-state index < -0.39 is 6.10 Å². The average molecular weight is 436 g/mol. The smallest absolute Gasteiger partial charge is 0.268 e.